The van der Waals surface area contributed by atoms with E-state index in [4.69, 9.17) is 16.3 Å². The van der Waals surface area contributed by atoms with Gasteiger partial charge < -0.3 is 4.74 Å². The van der Waals surface area contributed by atoms with E-state index in [0.717, 1.165) is 0 Å². The van der Waals surface area contributed by atoms with E-state index < -0.39 is 21.1 Å². The second-order valence-corrected chi connectivity index (χ2v) is 7.18. The quantitative estimate of drug-likeness (QED) is 0.903. The molecule has 0 amide bonds. The highest BCUT2D eigenvalue weighted by Crippen LogP contribution is 2.21. The van der Waals surface area contributed by atoms with Crippen LogP contribution in [0.25, 0.3) is 0 Å². The van der Waals surface area contributed by atoms with E-state index in [0.29, 0.717) is 23.6 Å². The molecule has 1 heterocycles. The van der Waals surface area contributed by atoms with E-state index in [2.05, 4.69) is 4.72 Å². The molecule has 20 heavy (non-hydrogen) atoms. The van der Waals surface area contributed by atoms with Crippen molar-refractivity contribution in [1.82, 2.24) is 4.72 Å². The number of hydrogen-bond donors (Lipinski definition) is 1. The van der Waals surface area contributed by atoms with Crippen molar-refractivity contribution in [3.8, 4) is 0 Å². The minimum Gasteiger partial charge on any atom is -0.377 e. The van der Waals surface area contributed by atoms with E-state index in [1.165, 1.54) is 12.1 Å². The lowest BCUT2D eigenvalue weighted by Crippen LogP contribution is -2.39. The topological polar surface area (TPSA) is 55.4 Å². The van der Waals surface area contributed by atoms with Crippen LogP contribution in [0.1, 0.15) is 18.9 Å². The molecule has 0 spiro atoms. The summed E-state index contributed by atoms with van der Waals surface area (Å²) in [6.07, 6.45) is 0.383. The maximum absolute atomic E-state index is 13.6. The second kappa shape index (κ2) is 6.39. The van der Waals surface area contributed by atoms with Gasteiger partial charge in [0.15, 0.2) is 0 Å². The fourth-order valence-corrected chi connectivity index (χ4v) is 4.16. The SMILES string of the molecule is C[C@H]1OCC[C@@H]1S(=O)(=O)NCCc1c(F)cccc1Cl. The van der Waals surface area contributed by atoms with Gasteiger partial charge in [-0.2, -0.15) is 0 Å². The highest BCUT2D eigenvalue weighted by molar-refractivity contribution is 7.90. The lowest BCUT2D eigenvalue weighted by atomic mass is 10.1. The van der Waals surface area contributed by atoms with Crippen molar-refractivity contribution in [2.45, 2.75) is 31.1 Å². The van der Waals surface area contributed by atoms with Crippen molar-refractivity contribution < 1.29 is 17.5 Å². The first kappa shape index (κ1) is 15.7. The van der Waals surface area contributed by atoms with Gasteiger partial charge in [0, 0.05) is 23.7 Å². The number of ether oxygens (including phenoxy) is 1. The molecule has 1 N–H and O–H groups in total. The van der Waals surface area contributed by atoms with Crippen molar-refractivity contribution in [3.63, 3.8) is 0 Å². The molecule has 1 aliphatic heterocycles. The maximum atomic E-state index is 13.6. The Morgan fingerprint density at radius 2 is 2.25 bits per heavy atom. The lowest BCUT2D eigenvalue weighted by molar-refractivity contribution is 0.126. The van der Waals surface area contributed by atoms with E-state index in [-0.39, 0.29) is 19.1 Å². The molecule has 0 aliphatic carbocycles. The minimum atomic E-state index is -3.45. The number of nitrogens with one attached hydrogen (secondary N) is 1. The van der Waals surface area contributed by atoms with Gasteiger partial charge in [0.05, 0.1) is 6.10 Å². The molecule has 1 aromatic rings. The van der Waals surface area contributed by atoms with E-state index in [1.807, 2.05) is 0 Å². The number of halogens is 2. The van der Waals surface area contributed by atoms with Gasteiger partial charge in [-0.25, -0.2) is 17.5 Å². The fourth-order valence-electron chi connectivity index (χ4n) is 2.32. The van der Waals surface area contributed by atoms with Crippen LogP contribution in [0.3, 0.4) is 0 Å². The molecule has 0 aromatic heterocycles. The third-order valence-electron chi connectivity index (χ3n) is 3.45. The van der Waals surface area contributed by atoms with Crippen LogP contribution in [-0.2, 0) is 21.2 Å². The Morgan fingerprint density at radius 1 is 1.50 bits per heavy atom. The van der Waals surface area contributed by atoms with Crippen molar-refractivity contribution in [1.29, 1.82) is 0 Å². The summed E-state index contributed by atoms with van der Waals surface area (Å²) >= 11 is 5.89. The molecule has 7 heteroatoms. The van der Waals surface area contributed by atoms with Crippen molar-refractivity contribution in [2.24, 2.45) is 0 Å². The van der Waals surface area contributed by atoms with Crippen LogP contribution in [-0.4, -0.2) is 32.9 Å². The van der Waals surface area contributed by atoms with Crippen LogP contribution < -0.4 is 4.72 Å². The lowest BCUT2D eigenvalue weighted by Gasteiger charge is -2.16. The van der Waals surface area contributed by atoms with E-state index in [9.17, 15) is 12.8 Å². The minimum absolute atomic E-state index is 0.117. The van der Waals surface area contributed by atoms with Crippen molar-refractivity contribution in [2.75, 3.05) is 13.2 Å². The predicted molar refractivity (Wildman–Crippen MR) is 75.9 cm³/mol. The largest absolute Gasteiger partial charge is 0.377 e. The zero-order chi connectivity index (χ0) is 14.8. The van der Waals surface area contributed by atoms with E-state index in [1.54, 1.807) is 13.0 Å². The zero-order valence-electron chi connectivity index (χ0n) is 11.1. The smallest absolute Gasteiger partial charge is 0.217 e. The second-order valence-electron chi connectivity index (χ2n) is 4.79. The molecular weight excluding hydrogens is 305 g/mol. The molecular formula is C13H17ClFNO3S. The molecule has 2 atom stereocenters. The van der Waals surface area contributed by atoms with Gasteiger partial charge in [0.2, 0.25) is 10.0 Å². The molecule has 0 bridgehead atoms. The van der Waals surface area contributed by atoms with Crippen LogP contribution in [0.15, 0.2) is 18.2 Å². The summed E-state index contributed by atoms with van der Waals surface area (Å²) in [5, 5.41) is -0.236. The molecule has 0 saturated carbocycles. The van der Waals surface area contributed by atoms with Crippen molar-refractivity contribution >= 4 is 21.6 Å². The average Bonchev–Trinajstić information content (AvgIpc) is 2.80. The van der Waals surface area contributed by atoms with Crippen LogP contribution >= 0.6 is 11.6 Å². The summed E-state index contributed by atoms with van der Waals surface area (Å²) in [7, 11) is -3.45. The Balaban J connectivity index is 1.96. The first-order chi connectivity index (χ1) is 9.42. The molecule has 1 aromatic carbocycles. The number of sulfonamides is 1. The van der Waals surface area contributed by atoms with Gasteiger partial charge in [0.25, 0.3) is 0 Å². The van der Waals surface area contributed by atoms with E-state index >= 15 is 0 Å². The van der Waals surface area contributed by atoms with Gasteiger partial charge in [0.1, 0.15) is 11.1 Å². The average molecular weight is 322 g/mol. The first-order valence-corrected chi connectivity index (χ1v) is 8.37. The summed E-state index contributed by atoms with van der Waals surface area (Å²) in [4.78, 5) is 0. The van der Waals surface area contributed by atoms with Crippen LogP contribution in [0.2, 0.25) is 5.02 Å². The molecule has 1 saturated heterocycles. The van der Waals surface area contributed by atoms with Crippen LogP contribution in [0, 0.1) is 5.82 Å². The normalized spacial score (nSPS) is 23.1. The Kier molecular flexibility index (Phi) is 5.01. The zero-order valence-corrected chi connectivity index (χ0v) is 12.7. The Morgan fingerprint density at radius 3 is 2.85 bits per heavy atom. The fraction of sp³-hybridized carbons (Fsp3) is 0.538. The predicted octanol–water partition coefficient (Wildman–Crippen LogP) is 2.12. The summed E-state index contributed by atoms with van der Waals surface area (Å²) in [6, 6.07) is 4.41. The third-order valence-corrected chi connectivity index (χ3v) is 5.82. The van der Waals surface area contributed by atoms with Crippen molar-refractivity contribution in [3.05, 3.63) is 34.6 Å². The molecule has 1 fully saturated rings. The molecule has 2 rings (SSSR count). The standard InChI is InChI=1S/C13H17ClFNO3S/c1-9-13(6-8-19-9)20(17,18)16-7-5-10-11(14)3-2-4-12(10)15/h2-4,9,13,16H,5-8H2,1H3/t9-,13+/m1/s1. The first-order valence-electron chi connectivity index (χ1n) is 6.45. The van der Waals surface area contributed by atoms with Crippen LogP contribution in [0.5, 0.6) is 0 Å². The molecule has 4 nitrogen and oxygen atoms in total. The molecule has 1 aliphatic rings. The highest BCUT2D eigenvalue weighted by Gasteiger charge is 2.35. The highest BCUT2D eigenvalue weighted by atomic mass is 35.5. The summed E-state index contributed by atoms with van der Waals surface area (Å²) < 4.78 is 45.5. The Hall–Kier alpha value is -0.690. The number of rotatable bonds is 5. The van der Waals surface area contributed by atoms with Gasteiger partial charge in [-0.05, 0) is 31.9 Å². The van der Waals surface area contributed by atoms with Gasteiger partial charge in [-0.15, -0.1) is 0 Å². The number of hydrogen-bond acceptors (Lipinski definition) is 3. The molecule has 112 valence electrons. The molecule has 0 radical (unpaired) electrons. The monoisotopic (exact) mass is 321 g/mol. The maximum Gasteiger partial charge on any atom is 0.217 e. The molecule has 0 unspecified atom stereocenters. The van der Waals surface area contributed by atoms with Gasteiger partial charge >= 0.3 is 0 Å². The van der Waals surface area contributed by atoms with Crippen LogP contribution in [0.4, 0.5) is 4.39 Å². The number of benzene rings is 1. The summed E-state index contributed by atoms with van der Waals surface area (Å²) in [5.41, 5.74) is 0.326. The summed E-state index contributed by atoms with van der Waals surface area (Å²) in [5.74, 6) is -0.422. The summed E-state index contributed by atoms with van der Waals surface area (Å²) in [6.45, 7) is 2.31. The third kappa shape index (κ3) is 3.49. The van der Waals surface area contributed by atoms with Gasteiger partial charge in [-0.1, -0.05) is 17.7 Å². The Bertz CT molecular complexity index is 559. The Labute approximate surface area is 123 Å². The van der Waals surface area contributed by atoms with Gasteiger partial charge in [-0.3, -0.25) is 0 Å².